The Kier molecular flexibility index (Phi) is 3.40. The number of nitrogens with zero attached hydrogens (tertiary/aromatic N) is 2. The fourth-order valence-corrected chi connectivity index (χ4v) is 4.03. The zero-order valence-electron chi connectivity index (χ0n) is 13.4. The highest BCUT2D eigenvalue weighted by Crippen LogP contribution is 2.57. The number of aromatic nitrogens is 2. The average molecular weight is 325 g/mol. The van der Waals surface area contributed by atoms with Gasteiger partial charge in [-0.05, 0) is 49.8 Å². The van der Waals surface area contributed by atoms with Crippen LogP contribution in [-0.2, 0) is 4.79 Å². The van der Waals surface area contributed by atoms with Crippen LogP contribution in [0, 0.1) is 24.7 Å². The van der Waals surface area contributed by atoms with Crippen molar-refractivity contribution in [1.29, 1.82) is 0 Å². The molecule has 6 heteroatoms. The lowest BCUT2D eigenvalue weighted by Gasteiger charge is -2.10. The normalized spacial score (nSPS) is 24.5. The van der Waals surface area contributed by atoms with E-state index in [0.717, 1.165) is 5.69 Å². The summed E-state index contributed by atoms with van der Waals surface area (Å²) in [6.07, 6.45) is 4.94. The molecule has 2 aliphatic carbocycles. The van der Waals surface area contributed by atoms with E-state index >= 15 is 0 Å². The fraction of sp³-hybridized carbons (Fsp3) is 0.389. The first kappa shape index (κ1) is 14.9. The van der Waals surface area contributed by atoms with Gasteiger partial charge >= 0.3 is 5.97 Å². The van der Waals surface area contributed by atoms with Crippen LogP contribution in [0.4, 0.5) is 5.69 Å². The summed E-state index contributed by atoms with van der Waals surface area (Å²) in [7, 11) is 0. The van der Waals surface area contributed by atoms with Crippen LogP contribution >= 0.6 is 0 Å². The summed E-state index contributed by atoms with van der Waals surface area (Å²) in [5, 5.41) is 16.3. The van der Waals surface area contributed by atoms with Crippen LogP contribution < -0.4 is 5.32 Å². The van der Waals surface area contributed by atoms with Gasteiger partial charge in [-0.25, -0.2) is 9.48 Å². The predicted octanol–water partition coefficient (Wildman–Crippen LogP) is 2.86. The molecule has 2 N–H and O–H groups in total. The molecule has 1 amide bonds. The number of aromatic carboxylic acids is 1. The molecule has 124 valence electrons. The van der Waals surface area contributed by atoms with Crippen molar-refractivity contribution in [2.45, 2.75) is 26.2 Å². The maximum atomic E-state index is 12.4. The molecule has 0 saturated heterocycles. The van der Waals surface area contributed by atoms with Gasteiger partial charge in [0, 0.05) is 11.6 Å². The summed E-state index contributed by atoms with van der Waals surface area (Å²) in [4.78, 5) is 23.5. The highest BCUT2D eigenvalue weighted by molar-refractivity contribution is 5.95. The van der Waals surface area contributed by atoms with E-state index < -0.39 is 5.97 Å². The van der Waals surface area contributed by atoms with Crippen molar-refractivity contribution in [2.75, 3.05) is 5.32 Å². The lowest BCUT2D eigenvalue weighted by atomic mass is 10.1. The van der Waals surface area contributed by atoms with Crippen LogP contribution in [-0.4, -0.2) is 26.8 Å². The number of nitrogens with one attached hydrogen (secondary N) is 1. The van der Waals surface area contributed by atoms with E-state index in [9.17, 15) is 9.59 Å². The molecule has 4 rings (SSSR count). The lowest BCUT2D eigenvalue weighted by Crippen LogP contribution is -2.16. The third-order valence-electron chi connectivity index (χ3n) is 5.31. The van der Waals surface area contributed by atoms with E-state index in [1.807, 2.05) is 24.3 Å². The number of carbonyl (C=O) groups excluding carboxylic acids is 1. The number of carboxylic acid groups (broad SMARTS) is 1. The van der Waals surface area contributed by atoms with Crippen molar-refractivity contribution in [1.82, 2.24) is 9.78 Å². The average Bonchev–Trinajstić information content (AvgIpc) is 2.88. The molecule has 24 heavy (non-hydrogen) atoms. The molecule has 0 bridgehead atoms. The van der Waals surface area contributed by atoms with Crippen LogP contribution in [0.15, 0.2) is 30.5 Å². The highest BCUT2D eigenvalue weighted by Gasteiger charge is 2.56. The quantitative estimate of drug-likeness (QED) is 0.905. The largest absolute Gasteiger partial charge is 0.478 e. The maximum Gasteiger partial charge on any atom is 0.339 e. The number of benzene rings is 1. The van der Waals surface area contributed by atoms with Crippen molar-refractivity contribution < 1.29 is 14.7 Å². The van der Waals surface area contributed by atoms with Gasteiger partial charge in [0.05, 0.1) is 17.6 Å². The van der Waals surface area contributed by atoms with Crippen LogP contribution in [0.25, 0.3) is 5.69 Å². The molecular weight excluding hydrogens is 306 g/mol. The number of hydrogen-bond donors (Lipinski definition) is 2. The smallest absolute Gasteiger partial charge is 0.339 e. The van der Waals surface area contributed by atoms with Crippen LogP contribution in [0.2, 0.25) is 0 Å². The molecule has 0 aliphatic heterocycles. The second kappa shape index (κ2) is 5.47. The number of anilines is 1. The molecule has 0 radical (unpaired) electrons. The minimum Gasteiger partial charge on any atom is -0.478 e. The molecule has 2 saturated carbocycles. The Morgan fingerprint density at radius 3 is 2.71 bits per heavy atom. The van der Waals surface area contributed by atoms with E-state index in [4.69, 9.17) is 5.11 Å². The summed E-state index contributed by atoms with van der Waals surface area (Å²) < 4.78 is 1.57. The number of fused-ring (bicyclic) bond motifs is 1. The van der Waals surface area contributed by atoms with E-state index in [0.29, 0.717) is 23.2 Å². The van der Waals surface area contributed by atoms with Crippen molar-refractivity contribution in [3.8, 4) is 5.69 Å². The zero-order valence-corrected chi connectivity index (χ0v) is 13.4. The van der Waals surface area contributed by atoms with Gasteiger partial charge in [-0.3, -0.25) is 4.79 Å². The van der Waals surface area contributed by atoms with Gasteiger partial charge in [0.15, 0.2) is 0 Å². The Bertz CT molecular complexity index is 817. The van der Waals surface area contributed by atoms with Crippen molar-refractivity contribution in [3.63, 3.8) is 0 Å². The number of rotatable bonds is 4. The van der Waals surface area contributed by atoms with E-state index in [1.54, 1.807) is 11.6 Å². The molecule has 2 fully saturated rings. The molecule has 1 heterocycles. The first-order valence-corrected chi connectivity index (χ1v) is 8.25. The monoisotopic (exact) mass is 325 g/mol. The van der Waals surface area contributed by atoms with E-state index in [2.05, 4.69) is 10.4 Å². The van der Waals surface area contributed by atoms with E-state index in [1.165, 1.54) is 25.5 Å². The molecule has 1 aromatic carbocycles. The fourth-order valence-electron chi connectivity index (χ4n) is 4.03. The van der Waals surface area contributed by atoms with Gasteiger partial charge in [0.1, 0.15) is 5.56 Å². The molecule has 2 aliphatic rings. The zero-order chi connectivity index (χ0) is 16.8. The summed E-state index contributed by atoms with van der Waals surface area (Å²) in [5.74, 6) is 0.445. The number of carboxylic acids is 1. The Labute approximate surface area is 139 Å². The molecular formula is C18H19N3O3. The molecule has 0 spiro atoms. The predicted molar refractivity (Wildman–Crippen MR) is 88.2 cm³/mol. The van der Waals surface area contributed by atoms with Gasteiger partial charge in [-0.2, -0.15) is 5.10 Å². The van der Waals surface area contributed by atoms with Gasteiger partial charge in [-0.1, -0.05) is 12.5 Å². The van der Waals surface area contributed by atoms with Crippen molar-refractivity contribution >= 4 is 17.6 Å². The van der Waals surface area contributed by atoms with Gasteiger partial charge in [0.2, 0.25) is 5.91 Å². The third-order valence-corrected chi connectivity index (χ3v) is 5.31. The van der Waals surface area contributed by atoms with Crippen molar-refractivity contribution in [2.24, 2.45) is 17.8 Å². The van der Waals surface area contributed by atoms with Crippen molar-refractivity contribution in [3.05, 3.63) is 41.7 Å². The highest BCUT2D eigenvalue weighted by atomic mass is 16.4. The summed E-state index contributed by atoms with van der Waals surface area (Å²) in [5.41, 5.74) is 2.18. The van der Waals surface area contributed by atoms with Crippen LogP contribution in [0.1, 0.15) is 35.3 Å². The lowest BCUT2D eigenvalue weighted by molar-refractivity contribution is -0.118. The number of hydrogen-bond acceptors (Lipinski definition) is 3. The summed E-state index contributed by atoms with van der Waals surface area (Å²) >= 11 is 0. The minimum absolute atomic E-state index is 0.102. The van der Waals surface area contributed by atoms with Gasteiger partial charge in [-0.15, -0.1) is 0 Å². The van der Waals surface area contributed by atoms with Gasteiger partial charge < -0.3 is 10.4 Å². The molecule has 2 atom stereocenters. The topological polar surface area (TPSA) is 84.2 Å². The molecule has 2 unspecified atom stereocenters. The minimum atomic E-state index is -0.997. The second-order valence-corrected chi connectivity index (χ2v) is 6.68. The standard InChI is InChI=1S/C18H19N3O3/c1-10-15(18(23)24)9-19-21(10)12-5-2-4-11(8-12)20-17(22)16-13-6-3-7-14(13)16/h2,4-5,8-9,13-14,16H,3,6-7H2,1H3,(H,20,22)(H,23,24). The SMILES string of the molecule is Cc1c(C(=O)O)cnn1-c1cccc(NC(=O)C2C3CCCC32)c1. The summed E-state index contributed by atoms with van der Waals surface area (Å²) in [6, 6.07) is 7.34. The Morgan fingerprint density at radius 1 is 1.29 bits per heavy atom. The second-order valence-electron chi connectivity index (χ2n) is 6.68. The molecule has 6 nitrogen and oxygen atoms in total. The molecule has 2 aromatic rings. The number of amides is 1. The summed E-state index contributed by atoms with van der Waals surface area (Å²) in [6.45, 7) is 1.72. The Morgan fingerprint density at radius 2 is 2.04 bits per heavy atom. The Balaban J connectivity index is 1.54. The third kappa shape index (κ3) is 2.38. The first-order valence-electron chi connectivity index (χ1n) is 8.25. The molecule has 1 aromatic heterocycles. The maximum absolute atomic E-state index is 12.4. The Hall–Kier alpha value is -2.63. The number of carbonyl (C=O) groups is 2. The van der Waals surface area contributed by atoms with E-state index in [-0.39, 0.29) is 17.4 Å². The van der Waals surface area contributed by atoms with Gasteiger partial charge in [0.25, 0.3) is 0 Å². The van der Waals surface area contributed by atoms with Crippen LogP contribution in [0.3, 0.4) is 0 Å². The van der Waals surface area contributed by atoms with Crippen LogP contribution in [0.5, 0.6) is 0 Å². The first-order chi connectivity index (χ1) is 11.6.